The Labute approximate surface area is 232 Å². The lowest BCUT2D eigenvalue weighted by atomic mass is 9.98. The highest BCUT2D eigenvalue weighted by Gasteiger charge is 2.40. The molecule has 0 saturated heterocycles. The Balaban J connectivity index is 1.74. The molecule has 1 aliphatic carbocycles. The molecule has 1 fully saturated rings. The smallest absolute Gasteiger partial charge is 0.416 e. The summed E-state index contributed by atoms with van der Waals surface area (Å²) < 4.78 is 86.3. The van der Waals surface area contributed by atoms with Crippen LogP contribution in [0.2, 0.25) is 0 Å². The van der Waals surface area contributed by atoms with Gasteiger partial charge in [-0.25, -0.2) is 13.6 Å². The van der Waals surface area contributed by atoms with E-state index in [0.29, 0.717) is 18.4 Å². The van der Waals surface area contributed by atoms with Gasteiger partial charge in [-0.2, -0.15) is 13.2 Å². The van der Waals surface area contributed by atoms with Crippen molar-refractivity contribution in [2.45, 2.75) is 44.4 Å². The van der Waals surface area contributed by atoms with Gasteiger partial charge in [0.05, 0.1) is 17.7 Å². The van der Waals surface area contributed by atoms with Crippen molar-refractivity contribution in [1.82, 2.24) is 0 Å². The summed E-state index contributed by atoms with van der Waals surface area (Å²) in [6, 6.07) is 8.93. The van der Waals surface area contributed by atoms with Gasteiger partial charge in [-0.05, 0) is 85.3 Å². The highest BCUT2D eigenvalue weighted by molar-refractivity contribution is 6.06. The zero-order chi connectivity index (χ0) is 29.9. The number of benzene rings is 3. The minimum atomic E-state index is -4.75. The van der Waals surface area contributed by atoms with Crippen LogP contribution in [0.5, 0.6) is 11.5 Å². The maximum Gasteiger partial charge on any atom is 0.416 e. The largest absolute Gasteiger partial charge is 0.456 e. The molecule has 0 aliphatic heterocycles. The van der Waals surface area contributed by atoms with Crippen molar-refractivity contribution in [2.75, 3.05) is 19.0 Å². The van der Waals surface area contributed by atoms with E-state index in [9.17, 15) is 31.5 Å². The maximum atomic E-state index is 14.7. The molecule has 3 aromatic carbocycles. The highest BCUT2D eigenvalue weighted by Crippen LogP contribution is 2.48. The van der Waals surface area contributed by atoms with Gasteiger partial charge in [-0.15, -0.1) is 0 Å². The summed E-state index contributed by atoms with van der Waals surface area (Å²) in [6.07, 6.45) is -5.91. The number of anilines is 1. The number of nitrogens with two attached hydrogens (primary N) is 1. The van der Waals surface area contributed by atoms with E-state index in [2.05, 4.69) is 5.32 Å². The molecule has 0 aromatic heterocycles. The molecule has 4 rings (SSSR count). The fourth-order valence-electron chi connectivity index (χ4n) is 4.39. The first-order valence-electron chi connectivity index (χ1n) is 12.6. The normalized spacial score (nSPS) is 13.9. The molecule has 0 spiro atoms. The standard InChI is InChI=1S/C29H27F5N2O5/c1-15-11-17(30)5-8-24(15)40-26-14-19(16-3-4-16)22(29(32,33)34)13-21(26)27(37)36-18-6-7-23(31)20(12-18)25(9-10-39-2)41-28(35)38/h5-8,11-14,16,25H,3-4,9-10H2,1-2H3,(H2,35,38)(H,36,37). The monoisotopic (exact) mass is 578 g/mol. The number of carbonyl (C=O) groups is 2. The van der Waals surface area contributed by atoms with E-state index < -0.39 is 47.0 Å². The highest BCUT2D eigenvalue weighted by atomic mass is 19.4. The van der Waals surface area contributed by atoms with Gasteiger partial charge < -0.3 is 25.3 Å². The van der Waals surface area contributed by atoms with Gasteiger partial charge >= 0.3 is 12.3 Å². The van der Waals surface area contributed by atoms with E-state index in [1.54, 1.807) is 6.92 Å². The molecule has 0 heterocycles. The molecule has 12 heteroatoms. The zero-order valence-corrected chi connectivity index (χ0v) is 22.1. The van der Waals surface area contributed by atoms with Crippen LogP contribution >= 0.6 is 0 Å². The average molecular weight is 579 g/mol. The lowest BCUT2D eigenvalue weighted by Crippen LogP contribution is -2.20. The first-order chi connectivity index (χ1) is 19.4. The van der Waals surface area contributed by atoms with Crippen molar-refractivity contribution in [3.63, 3.8) is 0 Å². The second kappa shape index (κ2) is 12.1. The Morgan fingerprint density at radius 1 is 1.05 bits per heavy atom. The number of ether oxygens (including phenoxy) is 3. The third kappa shape index (κ3) is 7.31. The Hall–Kier alpha value is -4.19. The third-order valence-corrected chi connectivity index (χ3v) is 6.52. The summed E-state index contributed by atoms with van der Waals surface area (Å²) in [4.78, 5) is 24.8. The molecule has 1 atom stereocenters. The lowest BCUT2D eigenvalue weighted by Gasteiger charge is -2.20. The summed E-state index contributed by atoms with van der Waals surface area (Å²) in [6.45, 7) is 1.64. The van der Waals surface area contributed by atoms with E-state index in [4.69, 9.17) is 19.9 Å². The molecule has 3 aromatic rings. The molecular weight excluding hydrogens is 551 g/mol. The van der Waals surface area contributed by atoms with Crippen LogP contribution in [0.1, 0.15) is 63.9 Å². The van der Waals surface area contributed by atoms with Crippen molar-refractivity contribution in [3.05, 3.63) is 88.0 Å². The van der Waals surface area contributed by atoms with E-state index in [1.807, 2.05) is 0 Å². The van der Waals surface area contributed by atoms with Gasteiger partial charge in [0, 0.05) is 24.8 Å². The summed E-state index contributed by atoms with van der Waals surface area (Å²) in [5.41, 5.74) is 3.94. The van der Waals surface area contributed by atoms with Crippen LogP contribution in [0, 0.1) is 18.6 Å². The average Bonchev–Trinajstić information content (AvgIpc) is 3.74. The van der Waals surface area contributed by atoms with Crippen LogP contribution in [0.4, 0.5) is 32.4 Å². The summed E-state index contributed by atoms with van der Waals surface area (Å²) in [7, 11) is 1.39. The van der Waals surface area contributed by atoms with E-state index in [-0.39, 0.29) is 47.3 Å². The second-order valence-electron chi connectivity index (χ2n) is 9.62. The van der Waals surface area contributed by atoms with E-state index >= 15 is 0 Å². The van der Waals surface area contributed by atoms with Gasteiger partial charge in [0.25, 0.3) is 5.91 Å². The van der Waals surface area contributed by atoms with Crippen LogP contribution in [0.15, 0.2) is 48.5 Å². The number of rotatable bonds is 10. The van der Waals surface area contributed by atoms with Crippen molar-refractivity contribution in [3.8, 4) is 11.5 Å². The number of nitrogens with one attached hydrogen (secondary N) is 1. The number of aryl methyl sites for hydroxylation is 1. The lowest BCUT2D eigenvalue weighted by molar-refractivity contribution is -0.138. The van der Waals surface area contributed by atoms with Crippen LogP contribution in [0.25, 0.3) is 0 Å². The number of methoxy groups -OCH3 is 1. The van der Waals surface area contributed by atoms with Gasteiger partial charge in [-0.1, -0.05) is 0 Å². The first kappa shape index (κ1) is 29.8. The predicted molar refractivity (Wildman–Crippen MR) is 139 cm³/mol. The van der Waals surface area contributed by atoms with E-state index in [0.717, 1.165) is 18.2 Å². The van der Waals surface area contributed by atoms with Crippen molar-refractivity contribution >= 4 is 17.7 Å². The molecule has 0 radical (unpaired) electrons. The SMILES string of the molecule is COCCC(OC(N)=O)c1cc(NC(=O)c2cc(C(F)(F)F)c(C3CC3)cc2Oc2ccc(F)cc2C)ccc1F. The van der Waals surface area contributed by atoms with Crippen LogP contribution < -0.4 is 15.8 Å². The number of alkyl halides is 3. The van der Waals surface area contributed by atoms with Crippen molar-refractivity contribution in [2.24, 2.45) is 5.73 Å². The van der Waals surface area contributed by atoms with Crippen molar-refractivity contribution in [1.29, 1.82) is 0 Å². The van der Waals surface area contributed by atoms with E-state index in [1.165, 1.54) is 37.4 Å². The third-order valence-electron chi connectivity index (χ3n) is 6.52. The van der Waals surface area contributed by atoms with Gasteiger partial charge in [0.1, 0.15) is 29.2 Å². The summed E-state index contributed by atoms with van der Waals surface area (Å²) in [5, 5.41) is 2.47. The molecule has 1 saturated carbocycles. The fraction of sp³-hybridized carbons (Fsp3) is 0.310. The zero-order valence-electron chi connectivity index (χ0n) is 22.1. The topological polar surface area (TPSA) is 99.9 Å². The first-order valence-corrected chi connectivity index (χ1v) is 12.6. The number of hydrogen-bond acceptors (Lipinski definition) is 5. The Bertz CT molecular complexity index is 1460. The van der Waals surface area contributed by atoms with Gasteiger partial charge in [-0.3, -0.25) is 4.79 Å². The number of amides is 2. The minimum absolute atomic E-state index is 0.00234. The van der Waals surface area contributed by atoms with Crippen LogP contribution in [-0.2, 0) is 15.7 Å². The molecule has 2 amide bonds. The molecule has 3 N–H and O–H groups in total. The summed E-state index contributed by atoms with van der Waals surface area (Å²) >= 11 is 0. The van der Waals surface area contributed by atoms with Gasteiger partial charge in [0.15, 0.2) is 0 Å². The Morgan fingerprint density at radius 2 is 1.78 bits per heavy atom. The summed E-state index contributed by atoms with van der Waals surface area (Å²) in [5.74, 6) is -2.63. The van der Waals surface area contributed by atoms with Crippen LogP contribution in [-0.4, -0.2) is 25.7 Å². The molecule has 7 nitrogen and oxygen atoms in total. The predicted octanol–water partition coefficient (Wildman–Crippen LogP) is 7.39. The van der Waals surface area contributed by atoms with Crippen LogP contribution in [0.3, 0.4) is 0 Å². The molecule has 1 unspecified atom stereocenters. The second-order valence-corrected chi connectivity index (χ2v) is 9.62. The molecule has 1 aliphatic rings. The molecule has 0 bridgehead atoms. The van der Waals surface area contributed by atoms with Gasteiger partial charge in [0.2, 0.25) is 0 Å². The molecular formula is C29H27F5N2O5. The number of primary amides is 1. The number of hydrogen-bond donors (Lipinski definition) is 2. The minimum Gasteiger partial charge on any atom is -0.456 e. The quantitative estimate of drug-likeness (QED) is 0.245. The number of halogens is 5. The Morgan fingerprint density at radius 3 is 2.39 bits per heavy atom. The maximum absolute atomic E-state index is 14.7. The molecule has 41 heavy (non-hydrogen) atoms. The Kier molecular flexibility index (Phi) is 8.81. The molecule has 218 valence electrons. The fourth-order valence-corrected chi connectivity index (χ4v) is 4.39. The van der Waals surface area contributed by atoms with Crippen molar-refractivity contribution < 1.29 is 45.8 Å². The number of carbonyl (C=O) groups excluding carboxylic acids is 2.